The molecule has 2 unspecified atom stereocenters. The second kappa shape index (κ2) is 6.42. The van der Waals surface area contributed by atoms with Crippen molar-refractivity contribution in [1.82, 2.24) is 9.88 Å². The first-order chi connectivity index (χ1) is 9.08. The summed E-state index contributed by atoms with van der Waals surface area (Å²) in [4.78, 5) is 17.6. The highest BCUT2D eigenvalue weighted by Crippen LogP contribution is 2.19. The number of amides is 1. The number of ether oxygens (including phenoxy) is 1. The third-order valence-electron chi connectivity index (χ3n) is 3.04. The average molecular weight is 285 g/mol. The van der Waals surface area contributed by atoms with Crippen molar-refractivity contribution in [2.24, 2.45) is 0 Å². The highest BCUT2D eigenvalue weighted by atomic mass is 32.1. The quantitative estimate of drug-likeness (QED) is 0.851. The summed E-state index contributed by atoms with van der Waals surface area (Å²) in [5, 5.41) is 14.4. The van der Waals surface area contributed by atoms with Crippen molar-refractivity contribution in [1.29, 1.82) is 0 Å². The van der Waals surface area contributed by atoms with Gasteiger partial charge in [0.2, 0.25) is 5.91 Å². The molecule has 2 rings (SSSR count). The lowest BCUT2D eigenvalue weighted by atomic mass is 10.2. The standard InChI is InChI=1S/C12H19N3O3S/c1-8-6-18-11(5-16)4-15(8)3-10-7-19-12(14-10)13-9(2)17/h7-8,11,16H,3-6H2,1-2H3,(H,13,14,17). The highest BCUT2D eigenvalue weighted by Gasteiger charge is 2.26. The second-order valence-corrected chi connectivity index (χ2v) is 5.60. The van der Waals surface area contributed by atoms with Crippen LogP contribution in [-0.2, 0) is 16.1 Å². The van der Waals surface area contributed by atoms with E-state index in [1.54, 1.807) is 0 Å². The Morgan fingerprint density at radius 2 is 2.53 bits per heavy atom. The maximum Gasteiger partial charge on any atom is 0.223 e. The van der Waals surface area contributed by atoms with Crippen LogP contribution >= 0.6 is 11.3 Å². The molecule has 0 spiro atoms. The van der Waals surface area contributed by atoms with E-state index in [2.05, 4.69) is 22.1 Å². The molecule has 1 aliphatic heterocycles. The van der Waals surface area contributed by atoms with Crippen molar-refractivity contribution in [2.45, 2.75) is 32.5 Å². The number of aromatic nitrogens is 1. The Balaban J connectivity index is 1.95. The minimum absolute atomic E-state index is 0.0391. The van der Waals surface area contributed by atoms with Gasteiger partial charge in [0.15, 0.2) is 5.13 Å². The van der Waals surface area contributed by atoms with Gasteiger partial charge in [0.1, 0.15) is 0 Å². The van der Waals surface area contributed by atoms with Crippen LogP contribution in [0.2, 0.25) is 0 Å². The molecule has 2 heterocycles. The highest BCUT2D eigenvalue weighted by molar-refractivity contribution is 7.13. The molecule has 1 fully saturated rings. The van der Waals surface area contributed by atoms with Crippen molar-refractivity contribution in [3.63, 3.8) is 0 Å². The summed E-state index contributed by atoms with van der Waals surface area (Å²) in [6.45, 7) is 5.62. The lowest BCUT2D eigenvalue weighted by Crippen LogP contribution is -2.48. The first kappa shape index (κ1) is 14.4. The van der Waals surface area contributed by atoms with Gasteiger partial charge in [-0.05, 0) is 6.92 Å². The number of aliphatic hydroxyl groups excluding tert-OH is 1. The van der Waals surface area contributed by atoms with Gasteiger partial charge in [-0.1, -0.05) is 0 Å². The van der Waals surface area contributed by atoms with E-state index in [1.165, 1.54) is 18.3 Å². The molecule has 2 N–H and O–H groups in total. The summed E-state index contributed by atoms with van der Waals surface area (Å²) in [5.41, 5.74) is 0.930. The smallest absolute Gasteiger partial charge is 0.223 e. The number of hydrogen-bond acceptors (Lipinski definition) is 6. The number of nitrogens with zero attached hydrogens (tertiary/aromatic N) is 2. The van der Waals surface area contributed by atoms with Crippen LogP contribution in [0.3, 0.4) is 0 Å². The van der Waals surface area contributed by atoms with E-state index in [-0.39, 0.29) is 18.6 Å². The molecule has 1 aromatic heterocycles. The molecule has 2 atom stereocenters. The molecule has 7 heteroatoms. The summed E-state index contributed by atoms with van der Waals surface area (Å²) in [7, 11) is 0. The summed E-state index contributed by atoms with van der Waals surface area (Å²) in [6.07, 6.45) is -0.121. The van der Waals surface area contributed by atoms with E-state index < -0.39 is 0 Å². The predicted molar refractivity (Wildman–Crippen MR) is 73.1 cm³/mol. The zero-order valence-electron chi connectivity index (χ0n) is 11.1. The maximum atomic E-state index is 10.9. The van der Waals surface area contributed by atoms with E-state index in [9.17, 15) is 4.79 Å². The van der Waals surface area contributed by atoms with Gasteiger partial charge in [-0.25, -0.2) is 4.98 Å². The molecule has 0 aliphatic carbocycles. The lowest BCUT2D eigenvalue weighted by molar-refractivity contribution is -0.114. The largest absolute Gasteiger partial charge is 0.394 e. The van der Waals surface area contributed by atoms with Gasteiger partial charge in [-0.15, -0.1) is 11.3 Å². The van der Waals surface area contributed by atoms with E-state index >= 15 is 0 Å². The first-order valence-corrected chi connectivity index (χ1v) is 7.15. The van der Waals surface area contributed by atoms with Gasteiger partial charge in [0, 0.05) is 31.4 Å². The molecular weight excluding hydrogens is 266 g/mol. The summed E-state index contributed by atoms with van der Waals surface area (Å²) in [6, 6.07) is 0.300. The number of carbonyl (C=O) groups excluding carboxylic acids is 1. The van der Waals surface area contributed by atoms with Crippen LogP contribution in [0.25, 0.3) is 0 Å². The van der Waals surface area contributed by atoms with E-state index in [0.29, 0.717) is 30.9 Å². The molecule has 0 bridgehead atoms. The molecule has 0 aromatic carbocycles. The van der Waals surface area contributed by atoms with E-state index in [4.69, 9.17) is 9.84 Å². The van der Waals surface area contributed by atoms with Gasteiger partial charge in [0.05, 0.1) is 25.0 Å². The molecule has 1 amide bonds. The molecule has 106 valence electrons. The van der Waals surface area contributed by atoms with Crippen LogP contribution < -0.4 is 5.32 Å². The van der Waals surface area contributed by atoms with E-state index in [0.717, 1.165) is 5.69 Å². The lowest BCUT2D eigenvalue weighted by Gasteiger charge is -2.36. The van der Waals surface area contributed by atoms with Gasteiger partial charge >= 0.3 is 0 Å². The van der Waals surface area contributed by atoms with Crippen molar-refractivity contribution in [3.05, 3.63) is 11.1 Å². The van der Waals surface area contributed by atoms with Crippen molar-refractivity contribution in [2.75, 3.05) is 25.1 Å². The minimum Gasteiger partial charge on any atom is -0.394 e. The number of rotatable bonds is 4. The third kappa shape index (κ3) is 3.97. The fourth-order valence-corrected chi connectivity index (χ4v) is 2.75. The fraction of sp³-hybridized carbons (Fsp3) is 0.667. The molecule has 1 aliphatic rings. The van der Waals surface area contributed by atoms with Gasteiger partial charge in [-0.2, -0.15) is 0 Å². The average Bonchev–Trinajstić information content (AvgIpc) is 2.78. The van der Waals surface area contributed by atoms with Crippen LogP contribution in [0.5, 0.6) is 0 Å². The molecule has 0 saturated carbocycles. The van der Waals surface area contributed by atoms with Crippen LogP contribution in [0, 0.1) is 0 Å². The Hall–Kier alpha value is -1.02. The van der Waals surface area contributed by atoms with Crippen LogP contribution in [0.1, 0.15) is 19.5 Å². The van der Waals surface area contributed by atoms with Crippen molar-refractivity contribution < 1.29 is 14.6 Å². The molecular formula is C12H19N3O3S. The Morgan fingerprint density at radius 1 is 1.74 bits per heavy atom. The number of nitrogens with one attached hydrogen (secondary N) is 1. The number of hydrogen-bond donors (Lipinski definition) is 2. The normalized spacial score (nSPS) is 24.4. The molecule has 19 heavy (non-hydrogen) atoms. The zero-order valence-corrected chi connectivity index (χ0v) is 11.9. The first-order valence-electron chi connectivity index (χ1n) is 6.27. The van der Waals surface area contributed by atoms with Gasteiger partial charge in [0.25, 0.3) is 0 Å². The van der Waals surface area contributed by atoms with Crippen LogP contribution in [0.15, 0.2) is 5.38 Å². The van der Waals surface area contributed by atoms with Gasteiger partial charge in [-0.3, -0.25) is 9.69 Å². The predicted octanol–water partition coefficient (Wildman–Crippen LogP) is 0.683. The Bertz CT molecular complexity index is 438. The molecule has 6 nitrogen and oxygen atoms in total. The molecule has 1 saturated heterocycles. The monoisotopic (exact) mass is 285 g/mol. The van der Waals surface area contributed by atoms with E-state index in [1.807, 2.05) is 5.38 Å². The zero-order chi connectivity index (χ0) is 13.8. The maximum absolute atomic E-state index is 10.9. The number of aliphatic hydroxyl groups is 1. The SMILES string of the molecule is CC(=O)Nc1nc(CN2CC(CO)OCC2C)cs1. The topological polar surface area (TPSA) is 74.7 Å². The summed E-state index contributed by atoms with van der Waals surface area (Å²) in [5.74, 6) is -0.110. The van der Waals surface area contributed by atoms with Crippen molar-refractivity contribution >= 4 is 22.4 Å². The summed E-state index contributed by atoms with van der Waals surface area (Å²) >= 11 is 1.42. The van der Waals surface area contributed by atoms with Crippen LogP contribution in [0.4, 0.5) is 5.13 Å². The number of thiazole rings is 1. The van der Waals surface area contributed by atoms with Crippen LogP contribution in [-0.4, -0.2) is 52.8 Å². The molecule has 0 radical (unpaired) electrons. The Labute approximate surface area is 116 Å². The fourth-order valence-electron chi connectivity index (χ4n) is 2.00. The number of carbonyl (C=O) groups is 1. The van der Waals surface area contributed by atoms with Gasteiger partial charge < -0.3 is 15.2 Å². The minimum atomic E-state index is -0.121. The Morgan fingerprint density at radius 3 is 3.21 bits per heavy atom. The summed E-state index contributed by atoms with van der Waals surface area (Å²) < 4.78 is 5.50. The third-order valence-corrected chi connectivity index (χ3v) is 3.84. The van der Waals surface area contributed by atoms with Crippen molar-refractivity contribution in [3.8, 4) is 0 Å². The number of morpholine rings is 1. The number of anilines is 1. The Kier molecular flexibility index (Phi) is 4.87. The molecule has 1 aromatic rings. The second-order valence-electron chi connectivity index (χ2n) is 4.74.